The molecule has 140 valence electrons. The molecule has 0 amide bonds. The predicted molar refractivity (Wildman–Crippen MR) is 107 cm³/mol. The summed E-state index contributed by atoms with van der Waals surface area (Å²) in [4.78, 5) is 10.7. The molecule has 0 aliphatic rings. The largest absolute Gasteiger partial charge is 0.486 e. The van der Waals surface area contributed by atoms with Crippen LogP contribution < -0.4 is 10.1 Å². The number of anilines is 1. The summed E-state index contributed by atoms with van der Waals surface area (Å²) in [5.41, 5.74) is 2.42. The lowest BCUT2D eigenvalue weighted by atomic mass is 10.1. The molecule has 0 saturated carbocycles. The highest BCUT2D eigenvalue weighted by Crippen LogP contribution is 2.36. The highest BCUT2D eigenvalue weighted by Gasteiger charge is 2.13. The minimum atomic E-state index is -0.872. The molecule has 0 aliphatic carbocycles. The van der Waals surface area contributed by atoms with Gasteiger partial charge in [-0.1, -0.05) is 53.9 Å². The van der Waals surface area contributed by atoms with E-state index in [0.29, 0.717) is 27.2 Å². The van der Waals surface area contributed by atoms with E-state index < -0.39 is 5.97 Å². The molecule has 0 bridgehead atoms. The van der Waals surface area contributed by atoms with Gasteiger partial charge in [-0.05, 0) is 36.6 Å². The van der Waals surface area contributed by atoms with Crippen molar-refractivity contribution in [1.82, 2.24) is 0 Å². The average molecular weight is 417 g/mol. The van der Waals surface area contributed by atoms with E-state index in [1.165, 1.54) is 0 Å². The minimum absolute atomic E-state index is 0.0139. The Morgan fingerprint density at radius 3 is 2.50 bits per heavy atom. The van der Waals surface area contributed by atoms with E-state index in [0.717, 1.165) is 29.8 Å². The highest BCUT2D eigenvalue weighted by atomic mass is 35.5. The van der Waals surface area contributed by atoms with Gasteiger partial charge in [-0.25, -0.2) is 0 Å². The standard InChI is InChI=1S/C19H20Cl3NO3/c1-2-8-23-16-5-3-4-13(18(16)22)11-26-19-14(20)9-12(10-15(19)21)6-7-17(24)25/h3-5,9-10,23H,2,6-8,11H2,1H3,(H,24,25). The molecule has 26 heavy (non-hydrogen) atoms. The van der Waals surface area contributed by atoms with Gasteiger partial charge in [-0.2, -0.15) is 0 Å². The minimum Gasteiger partial charge on any atom is -0.486 e. The fraction of sp³-hybridized carbons (Fsp3) is 0.316. The first-order valence-corrected chi connectivity index (χ1v) is 9.39. The Morgan fingerprint density at radius 2 is 1.88 bits per heavy atom. The SMILES string of the molecule is CCCNc1cccc(COc2c(Cl)cc(CCC(=O)O)cc2Cl)c1Cl. The third-order valence-electron chi connectivity index (χ3n) is 3.70. The molecular formula is C19H20Cl3NO3. The van der Waals surface area contributed by atoms with E-state index in [1.54, 1.807) is 12.1 Å². The van der Waals surface area contributed by atoms with Crippen molar-refractivity contribution in [3.63, 3.8) is 0 Å². The molecule has 0 radical (unpaired) electrons. The Labute approximate surface area is 168 Å². The van der Waals surface area contributed by atoms with Gasteiger partial charge in [0.05, 0.1) is 20.8 Å². The summed E-state index contributed by atoms with van der Waals surface area (Å²) in [6.45, 7) is 3.13. The molecule has 2 N–H and O–H groups in total. The zero-order valence-electron chi connectivity index (χ0n) is 14.3. The number of carboxylic acids is 1. The molecule has 0 fully saturated rings. The molecule has 0 aromatic heterocycles. The van der Waals surface area contributed by atoms with Crippen LogP contribution in [0.25, 0.3) is 0 Å². The number of rotatable bonds is 9. The van der Waals surface area contributed by atoms with Gasteiger partial charge in [0.15, 0.2) is 5.75 Å². The number of halogens is 3. The second-order valence-electron chi connectivity index (χ2n) is 5.78. The van der Waals surface area contributed by atoms with E-state index in [4.69, 9.17) is 44.6 Å². The molecule has 0 unspecified atom stereocenters. The quantitative estimate of drug-likeness (QED) is 0.521. The first-order valence-electron chi connectivity index (χ1n) is 8.26. The number of aliphatic carboxylic acids is 1. The van der Waals surface area contributed by atoms with Crippen LogP contribution in [-0.4, -0.2) is 17.6 Å². The number of carboxylic acid groups (broad SMARTS) is 1. The van der Waals surface area contributed by atoms with Crippen molar-refractivity contribution in [3.8, 4) is 5.75 Å². The van der Waals surface area contributed by atoms with Crippen molar-refractivity contribution in [2.45, 2.75) is 32.8 Å². The van der Waals surface area contributed by atoms with Gasteiger partial charge < -0.3 is 15.2 Å². The molecular weight excluding hydrogens is 397 g/mol. The van der Waals surface area contributed by atoms with Gasteiger partial charge in [0.2, 0.25) is 0 Å². The maximum Gasteiger partial charge on any atom is 0.303 e. The van der Waals surface area contributed by atoms with E-state index in [9.17, 15) is 4.79 Å². The molecule has 2 rings (SSSR count). The lowest BCUT2D eigenvalue weighted by molar-refractivity contribution is -0.136. The summed E-state index contributed by atoms with van der Waals surface area (Å²) in [5, 5.41) is 13.3. The summed E-state index contributed by atoms with van der Waals surface area (Å²) in [6, 6.07) is 9.04. The Kier molecular flexibility index (Phi) is 7.88. The highest BCUT2D eigenvalue weighted by molar-refractivity contribution is 6.37. The first kappa shape index (κ1) is 20.7. The molecule has 0 saturated heterocycles. The van der Waals surface area contributed by atoms with Crippen LogP contribution in [0, 0.1) is 0 Å². The Balaban J connectivity index is 2.11. The summed E-state index contributed by atoms with van der Waals surface area (Å²) < 4.78 is 5.78. The fourth-order valence-corrected chi connectivity index (χ4v) is 3.27. The maximum absolute atomic E-state index is 10.7. The number of hydrogen-bond acceptors (Lipinski definition) is 3. The van der Waals surface area contributed by atoms with Crippen LogP contribution in [0.1, 0.15) is 30.9 Å². The topological polar surface area (TPSA) is 58.6 Å². The summed E-state index contributed by atoms with van der Waals surface area (Å²) in [5.74, 6) is -0.515. The number of benzene rings is 2. The van der Waals surface area contributed by atoms with E-state index in [1.807, 2.05) is 18.2 Å². The second kappa shape index (κ2) is 9.91. The molecule has 4 nitrogen and oxygen atoms in total. The summed E-state index contributed by atoms with van der Waals surface area (Å²) >= 11 is 18.9. The zero-order valence-corrected chi connectivity index (χ0v) is 16.6. The number of nitrogens with one attached hydrogen (secondary N) is 1. The molecule has 0 atom stereocenters. The van der Waals surface area contributed by atoms with E-state index >= 15 is 0 Å². The van der Waals surface area contributed by atoms with Crippen LogP contribution in [0.4, 0.5) is 5.69 Å². The maximum atomic E-state index is 10.7. The normalized spacial score (nSPS) is 10.6. The lowest BCUT2D eigenvalue weighted by Crippen LogP contribution is -2.03. The average Bonchev–Trinajstić information content (AvgIpc) is 2.59. The van der Waals surface area contributed by atoms with Crippen molar-refractivity contribution in [2.75, 3.05) is 11.9 Å². The van der Waals surface area contributed by atoms with Gasteiger partial charge in [0.1, 0.15) is 6.61 Å². The Morgan fingerprint density at radius 1 is 1.19 bits per heavy atom. The van der Waals surface area contributed by atoms with Gasteiger partial charge in [0, 0.05) is 18.5 Å². The van der Waals surface area contributed by atoms with Crippen LogP contribution in [0.3, 0.4) is 0 Å². The van der Waals surface area contributed by atoms with Gasteiger partial charge in [-0.15, -0.1) is 0 Å². The molecule has 0 spiro atoms. The van der Waals surface area contributed by atoms with E-state index in [-0.39, 0.29) is 13.0 Å². The van der Waals surface area contributed by atoms with Crippen molar-refractivity contribution in [1.29, 1.82) is 0 Å². The van der Waals surface area contributed by atoms with Gasteiger partial charge in [-0.3, -0.25) is 4.79 Å². The molecule has 2 aromatic carbocycles. The molecule has 0 heterocycles. The summed E-state index contributed by atoms with van der Waals surface area (Å²) in [7, 11) is 0. The van der Waals surface area contributed by atoms with Crippen LogP contribution in [-0.2, 0) is 17.8 Å². The van der Waals surface area contributed by atoms with E-state index in [2.05, 4.69) is 12.2 Å². The lowest BCUT2D eigenvalue weighted by Gasteiger charge is -2.14. The number of aryl methyl sites for hydroxylation is 1. The van der Waals surface area contributed by atoms with Gasteiger partial charge in [0.25, 0.3) is 0 Å². The third kappa shape index (κ3) is 5.70. The third-order valence-corrected chi connectivity index (χ3v) is 4.71. The van der Waals surface area contributed by atoms with Crippen molar-refractivity contribution in [3.05, 3.63) is 56.5 Å². The second-order valence-corrected chi connectivity index (χ2v) is 6.97. The number of hydrogen-bond donors (Lipinski definition) is 2. The molecule has 7 heteroatoms. The van der Waals surface area contributed by atoms with Crippen molar-refractivity contribution >= 4 is 46.5 Å². The monoisotopic (exact) mass is 415 g/mol. The molecule has 2 aromatic rings. The van der Waals surface area contributed by atoms with Crippen LogP contribution in [0.15, 0.2) is 30.3 Å². The van der Waals surface area contributed by atoms with Crippen LogP contribution in [0.2, 0.25) is 15.1 Å². The fourth-order valence-electron chi connectivity index (χ4n) is 2.38. The number of carbonyl (C=O) groups is 1. The summed E-state index contributed by atoms with van der Waals surface area (Å²) in [6.07, 6.45) is 1.36. The van der Waals surface area contributed by atoms with Crippen molar-refractivity contribution in [2.24, 2.45) is 0 Å². The van der Waals surface area contributed by atoms with Crippen LogP contribution >= 0.6 is 34.8 Å². The zero-order chi connectivity index (χ0) is 19.1. The van der Waals surface area contributed by atoms with Crippen LogP contribution in [0.5, 0.6) is 5.75 Å². The van der Waals surface area contributed by atoms with Crippen molar-refractivity contribution < 1.29 is 14.6 Å². The first-order chi connectivity index (χ1) is 12.4. The molecule has 0 aliphatic heterocycles. The number of ether oxygens (including phenoxy) is 1. The van der Waals surface area contributed by atoms with Gasteiger partial charge >= 0.3 is 5.97 Å². The Hall–Kier alpha value is -1.62. The predicted octanol–water partition coefficient (Wildman–Crippen LogP) is 6.06. The Bertz CT molecular complexity index is 758. The smallest absolute Gasteiger partial charge is 0.303 e.